The van der Waals surface area contributed by atoms with Crippen molar-refractivity contribution in [1.29, 1.82) is 0 Å². The Morgan fingerprint density at radius 1 is 1.18 bits per heavy atom. The summed E-state index contributed by atoms with van der Waals surface area (Å²) in [5.41, 5.74) is 2.26. The molecule has 2 aromatic heterocycles. The Balaban J connectivity index is 1.90. The maximum absolute atomic E-state index is 4.68. The van der Waals surface area contributed by atoms with Crippen LogP contribution in [0.4, 0.5) is 0 Å². The van der Waals surface area contributed by atoms with Crippen LogP contribution >= 0.6 is 11.3 Å². The number of nitrogens with zero attached hydrogens (tertiary/aromatic N) is 3. The predicted octanol–water partition coefficient (Wildman–Crippen LogP) is 3.34. The van der Waals surface area contributed by atoms with Crippen LogP contribution in [0, 0.1) is 0 Å². The molecule has 0 aliphatic heterocycles. The molecule has 84 valence electrons. The highest BCUT2D eigenvalue weighted by molar-refractivity contribution is 7.16. The van der Waals surface area contributed by atoms with Crippen molar-refractivity contribution in [3.8, 4) is 11.3 Å². The van der Waals surface area contributed by atoms with Gasteiger partial charge in [-0.1, -0.05) is 41.7 Å². The van der Waals surface area contributed by atoms with Crippen LogP contribution in [0.15, 0.2) is 36.5 Å². The highest BCUT2D eigenvalue weighted by Gasteiger charge is 2.28. The van der Waals surface area contributed by atoms with Crippen molar-refractivity contribution in [3.05, 3.63) is 41.5 Å². The van der Waals surface area contributed by atoms with E-state index < -0.39 is 0 Å². The molecular weight excluding hydrogens is 230 g/mol. The van der Waals surface area contributed by atoms with E-state index in [1.165, 1.54) is 23.4 Å². The van der Waals surface area contributed by atoms with Crippen LogP contribution in [0.25, 0.3) is 16.2 Å². The lowest BCUT2D eigenvalue weighted by Crippen LogP contribution is -1.89. The van der Waals surface area contributed by atoms with Crippen molar-refractivity contribution in [1.82, 2.24) is 14.6 Å². The van der Waals surface area contributed by atoms with Gasteiger partial charge in [0.25, 0.3) is 0 Å². The van der Waals surface area contributed by atoms with E-state index in [1.807, 2.05) is 28.9 Å². The summed E-state index contributed by atoms with van der Waals surface area (Å²) in [6, 6.07) is 10.3. The van der Waals surface area contributed by atoms with E-state index in [0.29, 0.717) is 5.92 Å². The van der Waals surface area contributed by atoms with Crippen molar-refractivity contribution in [2.75, 3.05) is 0 Å². The lowest BCUT2D eigenvalue weighted by atomic mass is 10.2. The van der Waals surface area contributed by atoms with Gasteiger partial charge in [0.1, 0.15) is 5.01 Å². The molecule has 4 heteroatoms. The molecule has 0 N–H and O–H groups in total. The van der Waals surface area contributed by atoms with E-state index in [0.717, 1.165) is 10.7 Å². The molecule has 1 saturated carbocycles. The Kier molecular flexibility index (Phi) is 1.87. The largest absolute Gasteiger partial charge is 0.225 e. The maximum atomic E-state index is 4.68. The number of hydrogen-bond acceptors (Lipinski definition) is 3. The minimum absolute atomic E-state index is 0.699. The molecule has 0 bridgehead atoms. The lowest BCUT2D eigenvalue weighted by molar-refractivity contribution is 0.910. The molecule has 1 aliphatic rings. The predicted molar refractivity (Wildman–Crippen MR) is 68.3 cm³/mol. The number of hydrogen-bond donors (Lipinski definition) is 0. The van der Waals surface area contributed by atoms with Crippen molar-refractivity contribution in [2.24, 2.45) is 0 Å². The monoisotopic (exact) mass is 241 g/mol. The smallest absolute Gasteiger partial charge is 0.212 e. The van der Waals surface area contributed by atoms with Crippen LogP contribution in [0.3, 0.4) is 0 Å². The first kappa shape index (κ1) is 9.36. The van der Waals surface area contributed by atoms with Crippen LogP contribution in [0.1, 0.15) is 23.8 Å². The molecule has 2 heterocycles. The van der Waals surface area contributed by atoms with Crippen LogP contribution in [-0.2, 0) is 0 Å². The summed E-state index contributed by atoms with van der Waals surface area (Å²) in [7, 11) is 0. The van der Waals surface area contributed by atoms with Crippen LogP contribution in [-0.4, -0.2) is 14.6 Å². The van der Waals surface area contributed by atoms with Gasteiger partial charge in [-0.3, -0.25) is 0 Å². The highest BCUT2D eigenvalue weighted by Crippen LogP contribution is 2.42. The summed E-state index contributed by atoms with van der Waals surface area (Å²) in [6.07, 6.45) is 4.49. The van der Waals surface area contributed by atoms with Gasteiger partial charge < -0.3 is 0 Å². The molecule has 1 aliphatic carbocycles. The van der Waals surface area contributed by atoms with Gasteiger partial charge in [0, 0.05) is 11.5 Å². The fraction of sp³-hybridized carbons (Fsp3) is 0.231. The van der Waals surface area contributed by atoms with Gasteiger partial charge in [-0.2, -0.15) is 5.10 Å². The summed E-state index contributed by atoms with van der Waals surface area (Å²) < 4.78 is 1.98. The quantitative estimate of drug-likeness (QED) is 0.689. The van der Waals surface area contributed by atoms with Gasteiger partial charge in [-0.25, -0.2) is 9.50 Å². The SMILES string of the molecule is c1ccc(-c2cnc3sc(C4CC4)nn23)cc1. The van der Waals surface area contributed by atoms with E-state index in [1.54, 1.807) is 11.3 Å². The third kappa shape index (κ3) is 1.48. The Morgan fingerprint density at radius 2 is 2.00 bits per heavy atom. The van der Waals surface area contributed by atoms with E-state index in [4.69, 9.17) is 0 Å². The van der Waals surface area contributed by atoms with Crippen LogP contribution in [0.2, 0.25) is 0 Å². The van der Waals surface area contributed by atoms with Gasteiger partial charge in [0.2, 0.25) is 4.96 Å². The van der Waals surface area contributed by atoms with E-state index in [-0.39, 0.29) is 0 Å². The van der Waals surface area contributed by atoms with Gasteiger partial charge in [-0.15, -0.1) is 0 Å². The fourth-order valence-corrected chi connectivity index (χ4v) is 3.05. The topological polar surface area (TPSA) is 30.2 Å². The van der Waals surface area contributed by atoms with Gasteiger partial charge >= 0.3 is 0 Å². The number of imidazole rings is 1. The Bertz CT molecular complexity index is 664. The van der Waals surface area contributed by atoms with Crippen molar-refractivity contribution in [2.45, 2.75) is 18.8 Å². The Labute approximate surface area is 103 Å². The second-order valence-electron chi connectivity index (χ2n) is 4.42. The number of rotatable bonds is 2. The summed E-state index contributed by atoms with van der Waals surface area (Å²) in [4.78, 5) is 5.45. The van der Waals surface area contributed by atoms with Crippen molar-refractivity contribution in [3.63, 3.8) is 0 Å². The summed E-state index contributed by atoms with van der Waals surface area (Å²) in [5.74, 6) is 0.699. The fourth-order valence-electron chi connectivity index (χ4n) is 2.01. The Hall–Kier alpha value is -1.68. The summed E-state index contributed by atoms with van der Waals surface area (Å²) in [5, 5.41) is 5.92. The molecule has 1 aromatic carbocycles. The molecule has 0 radical (unpaired) electrons. The molecule has 3 aromatic rings. The summed E-state index contributed by atoms with van der Waals surface area (Å²) in [6.45, 7) is 0. The zero-order valence-electron chi connectivity index (χ0n) is 9.21. The second kappa shape index (κ2) is 3.40. The van der Waals surface area contributed by atoms with Crippen LogP contribution < -0.4 is 0 Å². The average molecular weight is 241 g/mol. The molecule has 0 unspecified atom stereocenters. The Morgan fingerprint density at radius 3 is 2.76 bits per heavy atom. The summed E-state index contributed by atoms with van der Waals surface area (Å²) >= 11 is 1.72. The molecule has 3 nitrogen and oxygen atoms in total. The zero-order chi connectivity index (χ0) is 11.2. The zero-order valence-corrected chi connectivity index (χ0v) is 10.0. The first-order valence-corrected chi connectivity index (χ1v) is 6.63. The molecule has 17 heavy (non-hydrogen) atoms. The molecule has 1 fully saturated rings. The van der Waals surface area contributed by atoms with E-state index in [2.05, 4.69) is 22.2 Å². The molecular formula is C13H11N3S. The van der Waals surface area contributed by atoms with Gasteiger partial charge in [0.05, 0.1) is 11.9 Å². The normalized spacial score (nSPS) is 15.5. The minimum Gasteiger partial charge on any atom is -0.225 e. The number of aromatic nitrogens is 3. The van der Waals surface area contributed by atoms with E-state index >= 15 is 0 Å². The van der Waals surface area contributed by atoms with Crippen LogP contribution in [0.5, 0.6) is 0 Å². The minimum atomic E-state index is 0.699. The van der Waals surface area contributed by atoms with Gasteiger partial charge in [0.15, 0.2) is 0 Å². The number of benzene rings is 1. The maximum Gasteiger partial charge on any atom is 0.212 e. The number of fused-ring (bicyclic) bond motifs is 1. The first-order valence-electron chi connectivity index (χ1n) is 5.82. The molecule has 0 saturated heterocycles. The average Bonchev–Trinajstić information content (AvgIpc) is 3.01. The van der Waals surface area contributed by atoms with Crippen molar-refractivity contribution < 1.29 is 0 Å². The lowest BCUT2D eigenvalue weighted by Gasteiger charge is -1.96. The van der Waals surface area contributed by atoms with Crippen molar-refractivity contribution >= 4 is 16.3 Å². The molecule has 0 spiro atoms. The second-order valence-corrected chi connectivity index (χ2v) is 5.41. The highest BCUT2D eigenvalue weighted by atomic mass is 32.1. The first-order chi connectivity index (χ1) is 8.42. The third-order valence-electron chi connectivity index (χ3n) is 3.10. The molecule has 0 amide bonds. The van der Waals surface area contributed by atoms with E-state index in [9.17, 15) is 0 Å². The molecule has 0 atom stereocenters. The third-order valence-corrected chi connectivity index (χ3v) is 4.18. The molecule has 4 rings (SSSR count). The standard InChI is InChI=1S/C13H11N3S/c1-2-4-9(5-3-1)11-8-14-13-16(11)15-12(17-13)10-6-7-10/h1-5,8,10H,6-7H2. The van der Waals surface area contributed by atoms with Gasteiger partial charge in [-0.05, 0) is 12.8 Å².